The summed E-state index contributed by atoms with van der Waals surface area (Å²) in [4.78, 5) is 43.2. The first-order valence-electron chi connectivity index (χ1n) is 14.5. The van der Waals surface area contributed by atoms with E-state index in [-0.39, 0.29) is 23.5 Å². The summed E-state index contributed by atoms with van der Waals surface area (Å²) in [6.07, 6.45) is 3.49. The molecule has 0 radical (unpaired) electrons. The molecule has 5 rings (SSSR count). The number of rotatable bonds is 7. The first-order valence-corrected chi connectivity index (χ1v) is 14.9. The van der Waals surface area contributed by atoms with Crippen LogP contribution in [0.4, 0.5) is 11.4 Å². The van der Waals surface area contributed by atoms with Gasteiger partial charge in [0, 0.05) is 31.7 Å². The maximum atomic E-state index is 13.7. The molecular weight excluding hydrogens is 548 g/mol. The number of piperazine rings is 1. The number of nitrogens with one attached hydrogen (secondary N) is 2. The van der Waals surface area contributed by atoms with Gasteiger partial charge in [-0.15, -0.1) is 0 Å². The molecule has 1 heterocycles. The Balaban J connectivity index is 1.33. The monoisotopic (exact) mass is 584 g/mol. The first-order chi connectivity index (χ1) is 20.4. The van der Waals surface area contributed by atoms with E-state index in [1.165, 1.54) is 0 Å². The van der Waals surface area contributed by atoms with Gasteiger partial charge >= 0.3 is 5.97 Å². The average Bonchev–Trinajstić information content (AvgIpc) is 3.53. The van der Waals surface area contributed by atoms with Crippen LogP contribution in [0.15, 0.2) is 78.9 Å². The minimum atomic E-state index is -0.621. The van der Waals surface area contributed by atoms with Crippen LogP contribution >= 0.6 is 12.2 Å². The van der Waals surface area contributed by atoms with Crippen LogP contribution in [0.3, 0.4) is 0 Å². The number of esters is 1. The van der Waals surface area contributed by atoms with Crippen LogP contribution in [-0.2, 0) is 14.9 Å². The second-order valence-corrected chi connectivity index (χ2v) is 11.1. The SMILES string of the molecule is CCOC(=O)c1ccc(N2CCN(C(=O)c3ccccc3)CC2)c(NC(=S)NC(=O)C2(c3ccccc3)CCCC2)c1. The van der Waals surface area contributed by atoms with Crippen molar-refractivity contribution >= 4 is 46.5 Å². The molecule has 1 saturated carbocycles. The summed E-state index contributed by atoms with van der Waals surface area (Å²) < 4.78 is 5.22. The van der Waals surface area contributed by atoms with E-state index < -0.39 is 11.4 Å². The van der Waals surface area contributed by atoms with Gasteiger partial charge in [0.2, 0.25) is 5.91 Å². The molecule has 2 N–H and O–H groups in total. The molecule has 9 heteroatoms. The molecule has 0 aromatic heterocycles. The van der Waals surface area contributed by atoms with Crippen molar-refractivity contribution in [2.75, 3.05) is 43.0 Å². The van der Waals surface area contributed by atoms with E-state index in [9.17, 15) is 14.4 Å². The highest BCUT2D eigenvalue weighted by Gasteiger charge is 2.43. The maximum absolute atomic E-state index is 13.7. The molecule has 1 aliphatic carbocycles. The number of carbonyl (C=O) groups is 3. The molecule has 8 nitrogen and oxygen atoms in total. The van der Waals surface area contributed by atoms with Crippen molar-refractivity contribution in [1.29, 1.82) is 0 Å². The summed E-state index contributed by atoms with van der Waals surface area (Å²) in [5, 5.41) is 6.31. The van der Waals surface area contributed by atoms with Crippen LogP contribution in [0.1, 0.15) is 58.9 Å². The minimum absolute atomic E-state index is 0.00871. The summed E-state index contributed by atoms with van der Waals surface area (Å²) in [7, 11) is 0. The summed E-state index contributed by atoms with van der Waals surface area (Å²) in [6.45, 7) is 4.32. The highest BCUT2D eigenvalue weighted by atomic mass is 32.1. The van der Waals surface area contributed by atoms with E-state index in [2.05, 4.69) is 15.5 Å². The Kier molecular flexibility index (Phi) is 9.17. The number of hydrogen-bond donors (Lipinski definition) is 2. The van der Waals surface area contributed by atoms with Gasteiger partial charge in [0.05, 0.1) is 29.0 Å². The van der Waals surface area contributed by atoms with Crippen molar-refractivity contribution in [2.45, 2.75) is 38.0 Å². The van der Waals surface area contributed by atoms with Crippen molar-refractivity contribution in [3.8, 4) is 0 Å². The van der Waals surface area contributed by atoms with Crippen LogP contribution in [-0.4, -0.2) is 60.6 Å². The maximum Gasteiger partial charge on any atom is 0.338 e. The fraction of sp³-hybridized carbons (Fsp3) is 0.333. The Hall–Kier alpha value is -4.24. The number of carbonyl (C=O) groups excluding carboxylic acids is 3. The Morgan fingerprint density at radius 2 is 1.50 bits per heavy atom. The molecule has 2 amide bonds. The molecule has 42 heavy (non-hydrogen) atoms. The lowest BCUT2D eigenvalue weighted by molar-refractivity contribution is -0.125. The van der Waals surface area contributed by atoms with Gasteiger partial charge in [-0.3, -0.25) is 9.59 Å². The second kappa shape index (κ2) is 13.2. The molecule has 0 spiro atoms. The Labute approximate surface area is 252 Å². The van der Waals surface area contributed by atoms with E-state index >= 15 is 0 Å². The lowest BCUT2D eigenvalue weighted by Gasteiger charge is -2.37. The van der Waals surface area contributed by atoms with Gasteiger partial charge in [-0.25, -0.2) is 4.79 Å². The first kappa shape index (κ1) is 29.3. The van der Waals surface area contributed by atoms with E-state index in [0.717, 1.165) is 36.9 Å². The van der Waals surface area contributed by atoms with Crippen molar-refractivity contribution < 1.29 is 19.1 Å². The standard InChI is InChI=1S/C33H36N4O4S/c1-2-41-30(39)25-15-16-28(36-19-21-37(22-20-36)29(38)24-11-5-3-6-12-24)27(23-25)34-32(42)35-31(40)33(17-9-10-18-33)26-13-7-4-8-14-26/h3-8,11-16,23H,2,9-10,17-22H2,1H3,(H2,34,35,40,42). The minimum Gasteiger partial charge on any atom is -0.462 e. The van der Waals surface area contributed by atoms with E-state index in [1.54, 1.807) is 19.1 Å². The molecule has 0 unspecified atom stereocenters. The van der Waals surface area contributed by atoms with E-state index in [0.29, 0.717) is 43.0 Å². The fourth-order valence-electron chi connectivity index (χ4n) is 5.93. The highest BCUT2D eigenvalue weighted by molar-refractivity contribution is 7.80. The smallest absolute Gasteiger partial charge is 0.338 e. The Bertz CT molecular complexity index is 1430. The topological polar surface area (TPSA) is 91.0 Å². The zero-order chi connectivity index (χ0) is 29.5. The number of amides is 2. The van der Waals surface area contributed by atoms with Crippen LogP contribution < -0.4 is 15.5 Å². The Morgan fingerprint density at radius 3 is 2.14 bits per heavy atom. The lowest BCUT2D eigenvalue weighted by Crippen LogP contribution is -2.49. The van der Waals surface area contributed by atoms with Crippen LogP contribution in [0, 0.1) is 0 Å². The number of ether oxygens (including phenoxy) is 1. The van der Waals surface area contributed by atoms with Crippen molar-refractivity contribution in [3.05, 3.63) is 95.6 Å². The molecule has 2 aliphatic rings. The number of nitrogens with zero attached hydrogens (tertiary/aromatic N) is 2. The summed E-state index contributed by atoms with van der Waals surface area (Å²) >= 11 is 5.64. The molecule has 0 atom stereocenters. The quantitative estimate of drug-likeness (QED) is 0.293. The number of thiocarbonyl (C=S) groups is 1. The second-order valence-electron chi connectivity index (χ2n) is 10.7. The molecule has 218 valence electrons. The zero-order valence-electron chi connectivity index (χ0n) is 23.8. The summed E-state index contributed by atoms with van der Waals surface area (Å²) in [6, 6.07) is 24.4. The summed E-state index contributed by atoms with van der Waals surface area (Å²) in [5.41, 5.74) is 2.84. The largest absolute Gasteiger partial charge is 0.462 e. The molecule has 3 aromatic carbocycles. The van der Waals surface area contributed by atoms with Crippen molar-refractivity contribution in [3.63, 3.8) is 0 Å². The van der Waals surface area contributed by atoms with Gasteiger partial charge in [-0.2, -0.15) is 0 Å². The molecule has 0 bridgehead atoms. The lowest BCUT2D eigenvalue weighted by atomic mass is 9.78. The van der Waals surface area contributed by atoms with Crippen molar-refractivity contribution in [2.24, 2.45) is 0 Å². The fourth-order valence-corrected chi connectivity index (χ4v) is 6.13. The average molecular weight is 585 g/mol. The van der Waals surface area contributed by atoms with Gasteiger partial charge in [-0.1, -0.05) is 61.4 Å². The van der Waals surface area contributed by atoms with Gasteiger partial charge < -0.3 is 25.2 Å². The van der Waals surface area contributed by atoms with Crippen molar-refractivity contribution in [1.82, 2.24) is 10.2 Å². The highest BCUT2D eigenvalue weighted by Crippen LogP contribution is 2.41. The van der Waals surface area contributed by atoms with Gasteiger partial charge in [-0.05, 0) is 67.9 Å². The third-order valence-electron chi connectivity index (χ3n) is 8.13. The third-order valence-corrected chi connectivity index (χ3v) is 8.33. The van der Waals surface area contributed by atoms with Crippen LogP contribution in [0.25, 0.3) is 0 Å². The van der Waals surface area contributed by atoms with Crippen LogP contribution in [0.2, 0.25) is 0 Å². The van der Waals surface area contributed by atoms with Gasteiger partial charge in [0.15, 0.2) is 5.11 Å². The Morgan fingerprint density at radius 1 is 0.857 bits per heavy atom. The number of anilines is 2. The zero-order valence-corrected chi connectivity index (χ0v) is 24.6. The van der Waals surface area contributed by atoms with Gasteiger partial charge in [0.1, 0.15) is 0 Å². The molecule has 1 aliphatic heterocycles. The molecule has 2 fully saturated rings. The third kappa shape index (κ3) is 6.31. The number of benzene rings is 3. The molecule has 3 aromatic rings. The molecule has 1 saturated heterocycles. The van der Waals surface area contributed by atoms with Crippen LogP contribution in [0.5, 0.6) is 0 Å². The normalized spacial score (nSPS) is 16.0. The predicted octanol–water partition coefficient (Wildman–Crippen LogP) is 5.15. The van der Waals surface area contributed by atoms with E-state index in [1.807, 2.05) is 71.6 Å². The van der Waals surface area contributed by atoms with Gasteiger partial charge in [0.25, 0.3) is 5.91 Å². The predicted molar refractivity (Wildman–Crippen MR) is 168 cm³/mol. The number of hydrogen-bond acceptors (Lipinski definition) is 6. The van der Waals surface area contributed by atoms with E-state index in [4.69, 9.17) is 17.0 Å². The summed E-state index contributed by atoms with van der Waals surface area (Å²) in [5.74, 6) is -0.552. The molecular formula is C33H36N4O4S.